The van der Waals surface area contributed by atoms with Gasteiger partial charge in [-0.15, -0.1) is 11.3 Å². The second-order valence-electron chi connectivity index (χ2n) is 6.16. The Morgan fingerprint density at radius 3 is 2.71 bits per heavy atom. The quantitative estimate of drug-likeness (QED) is 0.477. The van der Waals surface area contributed by atoms with Crippen LogP contribution in [0.5, 0.6) is 0 Å². The Labute approximate surface area is 171 Å². The maximum Gasteiger partial charge on any atom is 0.262 e. The number of benzene rings is 2. The third-order valence-corrected chi connectivity index (χ3v) is 5.26. The molecule has 2 heterocycles. The van der Waals surface area contributed by atoms with E-state index in [0.29, 0.717) is 28.0 Å². The number of carbonyl (C=O) groups is 1. The van der Waals surface area contributed by atoms with E-state index >= 15 is 0 Å². The zero-order valence-corrected chi connectivity index (χ0v) is 16.3. The number of hydrogen-bond donors (Lipinski definition) is 1. The first-order valence-electron chi connectivity index (χ1n) is 8.67. The van der Waals surface area contributed by atoms with E-state index in [1.165, 1.54) is 11.3 Å². The molecule has 1 N–H and O–H groups in total. The van der Waals surface area contributed by atoms with Crippen molar-refractivity contribution in [2.24, 2.45) is 0 Å². The van der Waals surface area contributed by atoms with Crippen molar-refractivity contribution in [3.63, 3.8) is 0 Å². The maximum atomic E-state index is 12.6. The molecule has 0 saturated heterocycles. The third-order valence-electron chi connectivity index (χ3n) is 4.16. The lowest BCUT2D eigenvalue weighted by Crippen LogP contribution is -2.29. The predicted octanol–water partition coefficient (Wildman–Crippen LogP) is 5.17. The standard InChI is InChI=1S/C21H16ClN3O2S/c22-16-9-4-8-15(13-16)19-24-21(27-25-19)17(12-14-6-2-1-3-7-14)23-20(26)18-10-5-11-28-18/h1-11,13,17H,12H2,(H,23,26)/t17-/m1/s1. The average Bonchev–Trinajstić information content (AvgIpc) is 3.41. The van der Waals surface area contributed by atoms with Crippen LogP contribution in [0.3, 0.4) is 0 Å². The molecule has 28 heavy (non-hydrogen) atoms. The molecule has 2 aromatic carbocycles. The van der Waals surface area contributed by atoms with Crippen molar-refractivity contribution >= 4 is 28.8 Å². The molecule has 0 fully saturated rings. The molecular formula is C21H16ClN3O2S. The number of carbonyl (C=O) groups excluding carboxylic acids is 1. The van der Waals surface area contributed by atoms with Crippen LogP contribution in [0.15, 0.2) is 76.6 Å². The lowest BCUT2D eigenvalue weighted by Gasteiger charge is -2.14. The highest BCUT2D eigenvalue weighted by Crippen LogP contribution is 2.24. The summed E-state index contributed by atoms with van der Waals surface area (Å²) in [5, 5.41) is 9.54. The van der Waals surface area contributed by atoms with Crippen molar-refractivity contribution in [1.82, 2.24) is 15.5 Å². The average molecular weight is 410 g/mol. The van der Waals surface area contributed by atoms with Crippen molar-refractivity contribution in [3.05, 3.63) is 93.5 Å². The molecule has 140 valence electrons. The molecule has 0 spiro atoms. The van der Waals surface area contributed by atoms with Crippen LogP contribution in [0.2, 0.25) is 5.02 Å². The second kappa shape index (κ2) is 8.37. The maximum absolute atomic E-state index is 12.6. The Morgan fingerprint density at radius 1 is 1.11 bits per heavy atom. The summed E-state index contributed by atoms with van der Waals surface area (Å²) in [6.45, 7) is 0. The molecule has 0 aliphatic heterocycles. The number of amides is 1. The van der Waals surface area contributed by atoms with E-state index in [-0.39, 0.29) is 5.91 Å². The number of rotatable bonds is 6. The summed E-state index contributed by atoms with van der Waals surface area (Å²) >= 11 is 7.44. The summed E-state index contributed by atoms with van der Waals surface area (Å²) in [5.41, 5.74) is 1.81. The van der Waals surface area contributed by atoms with Gasteiger partial charge in [0.15, 0.2) is 0 Å². The Balaban J connectivity index is 1.62. The minimum Gasteiger partial charge on any atom is -0.339 e. The number of nitrogens with zero attached hydrogens (tertiary/aromatic N) is 2. The minimum absolute atomic E-state index is 0.168. The fraction of sp³-hybridized carbons (Fsp3) is 0.0952. The van der Waals surface area contributed by atoms with E-state index in [4.69, 9.17) is 16.1 Å². The van der Waals surface area contributed by atoms with Crippen LogP contribution >= 0.6 is 22.9 Å². The van der Waals surface area contributed by atoms with Crippen molar-refractivity contribution in [3.8, 4) is 11.4 Å². The molecule has 0 radical (unpaired) electrons. The molecule has 0 saturated carbocycles. The molecule has 4 aromatic rings. The van der Waals surface area contributed by atoms with Gasteiger partial charge in [-0.3, -0.25) is 4.79 Å². The number of nitrogens with one attached hydrogen (secondary N) is 1. The van der Waals surface area contributed by atoms with Gasteiger partial charge in [-0.25, -0.2) is 0 Å². The van der Waals surface area contributed by atoms with Crippen LogP contribution < -0.4 is 5.32 Å². The molecule has 4 rings (SSSR count). The largest absolute Gasteiger partial charge is 0.339 e. The molecule has 1 atom stereocenters. The highest BCUT2D eigenvalue weighted by atomic mass is 35.5. The molecule has 1 amide bonds. The monoisotopic (exact) mass is 409 g/mol. The van der Waals surface area contributed by atoms with Gasteiger partial charge in [0.1, 0.15) is 6.04 Å². The molecule has 0 aliphatic rings. The molecule has 0 unspecified atom stereocenters. The van der Waals surface area contributed by atoms with Gasteiger partial charge in [0.05, 0.1) is 4.88 Å². The summed E-state index contributed by atoms with van der Waals surface area (Å²) in [6.07, 6.45) is 0.537. The van der Waals surface area contributed by atoms with E-state index in [1.807, 2.05) is 53.9 Å². The molecular weight excluding hydrogens is 394 g/mol. The van der Waals surface area contributed by atoms with Gasteiger partial charge < -0.3 is 9.84 Å². The van der Waals surface area contributed by atoms with Gasteiger partial charge in [-0.1, -0.05) is 65.3 Å². The van der Waals surface area contributed by atoms with Crippen molar-refractivity contribution in [2.45, 2.75) is 12.5 Å². The second-order valence-corrected chi connectivity index (χ2v) is 7.54. The number of aromatic nitrogens is 2. The smallest absolute Gasteiger partial charge is 0.262 e. The van der Waals surface area contributed by atoms with Crippen LogP contribution in [-0.4, -0.2) is 16.0 Å². The van der Waals surface area contributed by atoms with E-state index in [1.54, 1.807) is 18.2 Å². The molecule has 0 aliphatic carbocycles. The van der Waals surface area contributed by atoms with Gasteiger partial charge in [0.2, 0.25) is 11.7 Å². The number of thiophene rings is 1. The van der Waals surface area contributed by atoms with Crippen LogP contribution in [0, 0.1) is 0 Å². The Morgan fingerprint density at radius 2 is 1.96 bits per heavy atom. The highest BCUT2D eigenvalue weighted by Gasteiger charge is 2.23. The normalized spacial score (nSPS) is 11.9. The van der Waals surface area contributed by atoms with Gasteiger partial charge in [0.25, 0.3) is 5.91 Å². The molecule has 0 bridgehead atoms. The van der Waals surface area contributed by atoms with Crippen LogP contribution in [0.25, 0.3) is 11.4 Å². The van der Waals surface area contributed by atoms with Gasteiger partial charge in [0, 0.05) is 17.0 Å². The zero-order chi connectivity index (χ0) is 19.3. The molecule has 7 heteroatoms. The van der Waals surface area contributed by atoms with Crippen molar-refractivity contribution in [2.75, 3.05) is 0 Å². The van der Waals surface area contributed by atoms with Crippen LogP contribution in [0.4, 0.5) is 0 Å². The van der Waals surface area contributed by atoms with Crippen LogP contribution in [0.1, 0.15) is 27.2 Å². The fourth-order valence-electron chi connectivity index (χ4n) is 2.81. The topological polar surface area (TPSA) is 68.0 Å². The lowest BCUT2D eigenvalue weighted by atomic mass is 10.1. The Kier molecular flexibility index (Phi) is 5.50. The minimum atomic E-state index is -0.447. The summed E-state index contributed by atoms with van der Waals surface area (Å²) in [4.78, 5) is 17.7. The highest BCUT2D eigenvalue weighted by molar-refractivity contribution is 7.12. The Bertz CT molecular complexity index is 1060. The molecule has 2 aromatic heterocycles. The summed E-state index contributed by atoms with van der Waals surface area (Å²) in [7, 11) is 0. The predicted molar refractivity (Wildman–Crippen MR) is 109 cm³/mol. The first-order chi connectivity index (χ1) is 13.7. The Hall–Kier alpha value is -2.96. The van der Waals surface area contributed by atoms with E-state index in [2.05, 4.69) is 15.5 Å². The van der Waals surface area contributed by atoms with E-state index in [0.717, 1.165) is 11.1 Å². The summed E-state index contributed by atoms with van der Waals surface area (Å²) in [5.74, 6) is 0.614. The summed E-state index contributed by atoms with van der Waals surface area (Å²) < 4.78 is 5.50. The zero-order valence-electron chi connectivity index (χ0n) is 14.7. The fourth-order valence-corrected chi connectivity index (χ4v) is 3.63. The van der Waals surface area contributed by atoms with E-state index < -0.39 is 6.04 Å². The first-order valence-corrected chi connectivity index (χ1v) is 9.92. The summed E-state index contributed by atoms with van der Waals surface area (Å²) in [6, 6.07) is 20.3. The SMILES string of the molecule is O=C(N[C@H](Cc1ccccc1)c1nc(-c2cccc(Cl)c2)no1)c1cccs1. The number of hydrogen-bond acceptors (Lipinski definition) is 5. The number of halogens is 1. The third kappa shape index (κ3) is 4.30. The van der Waals surface area contributed by atoms with Crippen molar-refractivity contribution in [1.29, 1.82) is 0 Å². The van der Waals surface area contributed by atoms with Crippen LogP contribution in [-0.2, 0) is 6.42 Å². The van der Waals surface area contributed by atoms with E-state index in [9.17, 15) is 4.79 Å². The van der Waals surface area contributed by atoms with Gasteiger partial charge in [-0.2, -0.15) is 4.98 Å². The van der Waals surface area contributed by atoms with Gasteiger partial charge in [-0.05, 0) is 29.1 Å². The van der Waals surface area contributed by atoms with Gasteiger partial charge >= 0.3 is 0 Å². The van der Waals surface area contributed by atoms with Crippen molar-refractivity contribution < 1.29 is 9.32 Å². The first kappa shape index (κ1) is 18.4. The molecule has 5 nitrogen and oxygen atoms in total. The lowest BCUT2D eigenvalue weighted by molar-refractivity contribution is 0.0932.